The van der Waals surface area contributed by atoms with Crippen LogP contribution in [-0.2, 0) is 28.6 Å². The summed E-state index contributed by atoms with van der Waals surface area (Å²) in [5, 5.41) is 11.7. The first-order valence-electron chi connectivity index (χ1n) is 25.3. The van der Waals surface area contributed by atoms with E-state index in [-0.39, 0.29) is 42.7 Å². The van der Waals surface area contributed by atoms with Gasteiger partial charge in [-0.3, -0.25) is 9.59 Å². The molecule has 2 atom stereocenters. The van der Waals surface area contributed by atoms with Gasteiger partial charge in [-0.2, -0.15) is 0 Å². The molecule has 0 amide bonds. The van der Waals surface area contributed by atoms with Gasteiger partial charge in [0.05, 0.1) is 40.3 Å². The van der Waals surface area contributed by atoms with Crippen molar-refractivity contribution >= 4 is 17.9 Å². The highest BCUT2D eigenvalue weighted by atomic mass is 16.6. The van der Waals surface area contributed by atoms with Crippen LogP contribution < -0.4 is 5.11 Å². The van der Waals surface area contributed by atoms with Crippen LogP contribution in [0, 0.1) is 0 Å². The number of unbranched alkanes of at least 4 members (excludes halogenated alkanes) is 21. The van der Waals surface area contributed by atoms with Crippen LogP contribution in [0.5, 0.6) is 0 Å². The van der Waals surface area contributed by atoms with E-state index in [9.17, 15) is 19.5 Å². The molecule has 0 aromatic rings. The van der Waals surface area contributed by atoms with E-state index >= 15 is 0 Å². The Balaban J connectivity index is 4.25. The minimum absolute atomic E-state index is 0.0357. The first-order chi connectivity index (χ1) is 30.1. The number of quaternary nitrogens is 1. The lowest BCUT2D eigenvalue weighted by molar-refractivity contribution is -0.889. The van der Waals surface area contributed by atoms with Crippen LogP contribution in [0.15, 0.2) is 60.8 Å². The smallest absolute Gasteiger partial charge is 0.306 e. The molecule has 0 spiro atoms. The average molecular weight is 870 g/mol. The number of carbonyl (C=O) groups excluding carboxylic acids is 3. The lowest BCUT2D eigenvalue weighted by Gasteiger charge is -2.34. The standard InChI is InChI=1S/C54H95NO7/c1-6-8-10-12-14-16-18-20-22-24-25-26-27-29-30-32-34-36-38-40-42-44-52(56)61-49-50(48-60-47-46-51(54(58)59)55(3,4)5)62-53(57)45-43-41-39-37-35-33-31-28-23-21-19-17-15-13-11-9-7-2/h8,10,14-17,20-23,50-51H,6-7,9,11-13,18-19,24-49H2,1-5H3/b10-8+,16-14+,17-15+,22-20+,23-21+. The molecule has 0 bridgehead atoms. The number of carboxylic acids is 1. The zero-order valence-corrected chi connectivity index (χ0v) is 40.8. The number of ether oxygens (including phenoxy) is 3. The van der Waals surface area contributed by atoms with Crippen molar-refractivity contribution in [3.63, 3.8) is 0 Å². The van der Waals surface area contributed by atoms with E-state index in [1.165, 1.54) is 109 Å². The number of hydrogen-bond donors (Lipinski definition) is 0. The van der Waals surface area contributed by atoms with E-state index in [2.05, 4.69) is 74.6 Å². The van der Waals surface area contributed by atoms with Crippen molar-refractivity contribution in [2.75, 3.05) is 41.0 Å². The van der Waals surface area contributed by atoms with Gasteiger partial charge >= 0.3 is 11.9 Å². The topological polar surface area (TPSA) is 102 Å². The maximum atomic E-state index is 12.8. The first kappa shape index (κ1) is 59.0. The van der Waals surface area contributed by atoms with Crippen LogP contribution in [-0.4, -0.2) is 75.5 Å². The third-order valence-corrected chi connectivity index (χ3v) is 11.1. The van der Waals surface area contributed by atoms with Crippen molar-refractivity contribution in [3.8, 4) is 0 Å². The molecule has 0 aliphatic rings. The van der Waals surface area contributed by atoms with Crippen LogP contribution >= 0.6 is 0 Å². The van der Waals surface area contributed by atoms with E-state index in [0.29, 0.717) is 12.8 Å². The highest BCUT2D eigenvalue weighted by Gasteiger charge is 2.25. The number of carbonyl (C=O) groups is 3. The molecule has 0 heterocycles. The third-order valence-electron chi connectivity index (χ3n) is 11.1. The fraction of sp³-hybridized carbons (Fsp3) is 0.759. The molecule has 0 rings (SSSR count). The summed E-state index contributed by atoms with van der Waals surface area (Å²) in [7, 11) is 5.41. The predicted octanol–water partition coefficient (Wildman–Crippen LogP) is 13.2. The van der Waals surface area contributed by atoms with Gasteiger partial charge in [-0.05, 0) is 77.0 Å². The predicted molar refractivity (Wildman–Crippen MR) is 259 cm³/mol. The van der Waals surface area contributed by atoms with Crippen molar-refractivity contribution in [2.45, 2.75) is 225 Å². The van der Waals surface area contributed by atoms with Gasteiger partial charge in [0.25, 0.3) is 0 Å². The van der Waals surface area contributed by atoms with Crippen molar-refractivity contribution < 1.29 is 38.2 Å². The molecule has 0 aromatic heterocycles. The molecule has 358 valence electrons. The van der Waals surface area contributed by atoms with Crippen LogP contribution in [0.3, 0.4) is 0 Å². The Kier molecular flexibility index (Phi) is 42.5. The average Bonchev–Trinajstić information content (AvgIpc) is 3.23. The van der Waals surface area contributed by atoms with Crippen LogP contribution in [0.25, 0.3) is 0 Å². The van der Waals surface area contributed by atoms with Gasteiger partial charge in [-0.1, -0.05) is 177 Å². The number of rotatable bonds is 45. The molecule has 62 heavy (non-hydrogen) atoms. The molecule has 0 aromatic carbocycles. The number of likely N-dealkylation sites (N-methyl/N-ethyl adjacent to an activating group) is 1. The first-order valence-corrected chi connectivity index (χ1v) is 25.3. The number of allylic oxidation sites excluding steroid dienone is 10. The van der Waals surface area contributed by atoms with Gasteiger partial charge < -0.3 is 28.6 Å². The fourth-order valence-corrected chi connectivity index (χ4v) is 7.23. The molecular formula is C54H95NO7. The maximum Gasteiger partial charge on any atom is 0.306 e. The highest BCUT2D eigenvalue weighted by Crippen LogP contribution is 2.15. The largest absolute Gasteiger partial charge is 0.544 e. The second kappa shape index (κ2) is 44.6. The second-order valence-electron chi connectivity index (χ2n) is 18.0. The van der Waals surface area contributed by atoms with Crippen molar-refractivity contribution in [1.82, 2.24) is 0 Å². The molecule has 0 saturated carbocycles. The lowest BCUT2D eigenvalue weighted by atomic mass is 10.0. The van der Waals surface area contributed by atoms with Gasteiger partial charge in [-0.25, -0.2) is 0 Å². The van der Waals surface area contributed by atoms with E-state index in [1.54, 1.807) is 21.1 Å². The van der Waals surface area contributed by atoms with Crippen LogP contribution in [0.2, 0.25) is 0 Å². The number of hydrogen-bond acceptors (Lipinski definition) is 7. The van der Waals surface area contributed by atoms with E-state index in [1.807, 2.05) is 0 Å². The van der Waals surface area contributed by atoms with Crippen molar-refractivity contribution in [2.24, 2.45) is 0 Å². The molecule has 0 fully saturated rings. The monoisotopic (exact) mass is 870 g/mol. The van der Waals surface area contributed by atoms with Gasteiger partial charge in [0.2, 0.25) is 0 Å². The SMILES string of the molecule is CC/C=C/C/C=C/C/C=C/CCCCCCCCCCCCCC(=O)OCC(COCCC(C(=O)[O-])[N+](C)(C)C)OC(=O)CCCCCCCCC/C=C/C/C=C/CCCCC. The summed E-state index contributed by atoms with van der Waals surface area (Å²) in [6, 6.07) is -0.729. The summed E-state index contributed by atoms with van der Waals surface area (Å²) in [6.07, 6.45) is 55.3. The molecule has 8 heteroatoms. The van der Waals surface area contributed by atoms with Crippen LogP contribution in [0.4, 0.5) is 0 Å². The quantitative estimate of drug-likeness (QED) is 0.0260. The Morgan fingerprint density at radius 2 is 0.903 bits per heavy atom. The van der Waals surface area contributed by atoms with Crippen LogP contribution in [0.1, 0.15) is 213 Å². The summed E-state index contributed by atoms with van der Waals surface area (Å²) in [5.74, 6) is -1.75. The Morgan fingerprint density at radius 3 is 1.34 bits per heavy atom. The Morgan fingerprint density at radius 1 is 0.500 bits per heavy atom. The molecule has 8 nitrogen and oxygen atoms in total. The Hall–Kier alpha value is -2.97. The van der Waals surface area contributed by atoms with Gasteiger partial charge in [0.15, 0.2) is 6.10 Å². The van der Waals surface area contributed by atoms with E-state index < -0.39 is 18.1 Å². The van der Waals surface area contributed by atoms with Crippen molar-refractivity contribution in [3.05, 3.63) is 60.8 Å². The molecule has 0 saturated heterocycles. The summed E-state index contributed by atoms with van der Waals surface area (Å²) >= 11 is 0. The zero-order chi connectivity index (χ0) is 45.6. The highest BCUT2D eigenvalue weighted by molar-refractivity contribution is 5.70. The number of esters is 2. The summed E-state index contributed by atoms with van der Waals surface area (Å²) in [5.41, 5.74) is 0. The van der Waals surface area contributed by atoms with E-state index in [0.717, 1.165) is 70.6 Å². The Labute approximate surface area is 381 Å². The number of nitrogens with zero attached hydrogens (tertiary/aromatic N) is 1. The summed E-state index contributed by atoms with van der Waals surface area (Å²) in [4.78, 5) is 37.0. The minimum Gasteiger partial charge on any atom is -0.544 e. The Bertz CT molecular complexity index is 1200. The second-order valence-corrected chi connectivity index (χ2v) is 18.0. The van der Waals surface area contributed by atoms with Gasteiger partial charge in [0.1, 0.15) is 12.6 Å². The van der Waals surface area contributed by atoms with Crippen molar-refractivity contribution in [1.29, 1.82) is 0 Å². The molecule has 0 aliphatic carbocycles. The van der Waals surface area contributed by atoms with Gasteiger partial charge in [0, 0.05) is 19.3 Å². The molecule has 0 radical (unpaired) electrons. The third kappa shape index (κ3) is 42.3. The summed E-state index contributed by atoms with van der Waals surface area (Å²) < 4.78 is 17.2. The fourth-order valence-electron chi connectivity index (χ4n) is 7.23. The minimum atomic E-state index is -1.13. The van der Waals surface area contributed by atoms with E-state index in [4.69, 9.17) is 14.2 Å². The van der Waals surface area contributed by atoms with Gasteiger partial charge in [-0.15, -0.1) is 0 Å². The molecular weight excluding hydrogens is 775 g/mol. The molecule has 0 aliphatic heterocycles. The number of aliphatic carboxylic acids is 1. The lowest BCUT2D eigenvalue weighted by Crippen LogP contribution is -2.55. The zero-order valence-electron chi connectivity index (χ0n) is 40.8. The summed E-state index contributed by atoms with van der Waals surface area (Å²) in [6.45, 7) is 4.53. The maximum absolute atomic E-state index is 12.8. The molecule has 2 unspecified atom stereocenters. The normalized spacial score (nSPS) is 13.4. The molecule has 0 N–H and O–H groups in total. The number of carboxylic acid groups (broad SMARTS) is 1.